The molecule has 0 spiro atoms. The Kier molecular flexibility index (Phi) is 5.19. The highest BCUT2D eigenvalue weighted by Crippen LogP contribution is 2.20. The van der Waals surface area contributed by atoms with E-state index in [1.807, 2.05) is 71.0 Å². The van der Waals surface area contributed by atoms with Crippen LogP contribution in [0.5, 0.6) is 0 Å². The van der Waals surface area contributed by atoms with Gasteiger partial charge in [-0.25, -0.2) is 9.36 Å². The highest BCUT2D eigenvalue weighted by atomic mass is 16.2. The molecule has 0 bridgehead atoms. The second kappa shape index (κ2) is 7.83. The summed E-state index contributed by atoms with van der Waals surface area (Å²) in [5, 5.41) is 12.3. The highest BCUT2D eigenvalue weighted by molar-refractivity contribution is 5.91. The molecule has 0 atom stereocenters. The lowest BCUT2D eigenvalue weighted by molar-refractivity contribution is -0.117. The van der Waals surface area contributed by atoms with Crippen molar-refractivity contribution in [1.29, 1.82) is 0 Å². The smallest absolute Gasteiger partial charge is 0.293 e. The van der Waals surface area contributed by atoms with Crippen LogP contribution in [0.15, 0.2) is 47.4 Å². The van der Waals surface area contributed by atoms with Gasteiger partial charge < -0.3 is 5.32 Å². The maximum Gasteiger partial charge on any atom is 0.293 e. The fourth-order valence-electron chi connectivity index (χ4n) is 3.58. The van der Waals surface area contributed by atoms with Gasteiger partial charge in [0.15, 0.2) is 0 Å². The topological polar surface area (TPSA) is 81.8 Å². The van der Waals surface area contributed by atoms with Crippen LogP contribution in [0.3, 0.4) is 0 Å². The van der Waals surface area contributed by atoms with Gasteiger partial charge in [-0.1, -0.05) is 18.2 Å². The van der Waals surface area contributed by atoms with Gasteiger partial charge in [0, 0.05) is 11.1 Å². The summed E-state index contributed by atoms with van der Waals surface area (Å²) in [5.74, 6) is -0.306. The number of hydrogen-bond donors (Lipinski definition) is 1. The molecule has 0 aliphatic heterocycles. The standard InChI is InChI=1S/C24H25N5O2/c1-14-6-7-16(3)21(10-14)26-22(30)13-28-24(31)23-20(18(5)27-28)12-25-29(23)19-9-8-15(2)17(4)11-19/h6-12H,13H2,1-5H3,(H,26,30). The van der Waals surface area contributed by atoms with Crippen LogP contribution in [-0.4, -0.2) is 25.5 Å². The Hall–Kier alpha value is -3.74. The fourth-order valence-corrected chi connectivity index (χ4v) is 3.58. The summed E-state index contributed by atoms with van der Waals surface area (Å²) in [6.45, 7) is 9.59. The summed E-state index contributed by atoms with van der Waals surface area (Å²) in [6, 6.07) is 11.8. The van der Waals surface area contributed by atoms with Gasteiger partial charge in [0.1, 0.15) is 12.1 Å². The van der Waals surface area contributed by atoms with Crippen LogP contribution in [0.4, 0.5) is 5.69 Å². The van der Waals surface area contributed by atoms with E-state index in [9.17, 15) is 9.59 Å². The van der Waals surface area contributed by atoms with E-state index in [2.05, 4.69) is 15.5 Å². The van der Waals surface area contributed by atoms with Crippen LogP contribution in [-0.2, 0) is 11.3 Å². The van der Waals surface area contributed by atoms with Crippen molar-refractivity contribution in [1.82, 2.24) is 19.6 Å². The average Bonchev–Trinajstić information content (AvgIpc) is 3.17. The molecule has 0 unspecified atom stereocenters. The summed E-state index contributed by atoms with van der Waals surface area (Å²) >= 11 is 0. The zero-order valence-corrected chi connectivity index (χ0v) is 18.4. The third-order valence-corrected chi connectivity index (χ3v) is 5.56. The molecular formula is C24H25N5O2. The molecule has 31 heavy (non-hydrogen) atoms. The number of benzene rings is 2. The molecule has 0 aliphatic rings. The number of aromatic nitrogens is 4. The molecule has 7 nitrogen and oxygen atoms in total. The molecule has 2 aromatic carbocycles. The van der Waals surface area contributed by atoms with Crippen LogP contribution in [0.2, 0.25) is 0 Å². The van der Waals surface area contributed by atoms with E-state index in [-0.39, 0.29) is 18.0 Å². The van der Waals surface area contributed by atoms with Crippen LogP contribution in [0.25, 0.3) is 16.6 Å². The molecular weight excluding hydrogens is 390 g/mol. The number of carbonyl (C=O) groups excluding carboxylic acids is 1. The first-order chi connectivity index (χ1) is 14.7. The van der Waals surface area contributed by atoms with E-state index in [1.165, 1.54) is 10.2 Å². The number of fused-ring (bicyclic) bond motifs is 1. The molecule has 7 heteroatoms. The largest absolute Gasteiger partial charge is 0.324 e. The van der Waals surface area contributed by atoms with Crippen molar-refractivity contribution in [3.8, 4) is 5.69 Å². The van der Waals surface area contributed by atoms with Gasteiger partial charge in [0.2, 0.25) is 5.91 Å². The number of carbonyl (C=O) groups is 1. The van der Waals surface area contributed by atoms with Gasteiger partial charge in [-0.05, 0) is 75.1 Å². The SMILES string of the molecule is Cc1ccc(C)c(NC(=O)Cn2nc(C)c3cnn(-c4ccc(C)c(C)c4)c3c2=O)c1. The summed E-state index contributed by atoms with van der Waals surface area (Å²) in [5.41, 5.74) is 6.51. The van der Waals surface area contributed by atoms with Crippen LogP contribution < -0.4 is 10.9 Å². The van der Waals surface area contributed by atoms with Crippen LogP contribution in [0, 0.1) is 34.6 Å². The van der Waals surface area contributed by atoms with Crippen molar-refractivity contribution >= 4 is 22.5 Å². The first-order valence-electron chi connectivity index (χ1n) is 10.1. The Labute approximate surface area is 180 Å². The minimum Gasteiger partial charge on any atom is -0.324 e. The number of nitrogens with one attached hydrogen (secondary N) is 1. The van der Waals surface area contributed by atoms with E-state index in [4.69, 9.17) is 0 Å². The lowest BCUT2D eigenvalue weighted by Crippen LogP contribution is -2.31. The summed E-state index contributed by atoms with van der Waals surface area (Å²) < 4.78 is 2.83. The van der Waals surface area contributed by atoms with Crippen molar-refractivity contribution < 1.29 is 4.79 Å². The van der Waals surface area contributed by atoms with Crippen molar-refractivity contribution in [2.75, 3.05) is 5.32 Å². The van der Waals surface area contributed by atoms with E-state index >= 15 is 0 Å². The molecule has 4 rings (SSSR count). The average molecular weight is 415 g/mol. The maximum atomic E-state index is 13.3. The number of anilines is 1. The Bertz CT molecular complexity index is 1380. The zero-order chi connectivity index (χ0) is 22.3. The lowest BCUT2D eigenvalue weighted by atomic mass is 10.1. The van der Waals surface area contributed by atoms with Crippen LogP contribution >= 0.6 is 0 Å². The summed E-state index contributed by atoms with van der Waals surface area (Å²) in [6.07, 6.45) is 1.65. The van der Waals surface area contributed by atoms with E-state index in [1.54, 1.807) is 10.9 Å². The second-order valence-electron chi connectivity index (χ2n) is 8.00. The normalized spacial score (nSPS) is 11.1. The Morgan fingerprint density at radius 3 is 2.45 bits per heavy atom. The molecule has 1 N–H and O–H groups in total. The molecule has 2 aromatic heterocycles. The quantitative estimate of drug-likeness (QED) is 0.550. The zero-order valence-electron chi connectivity index (χ0n) is 18.4. The summed E-state index contributed by atoms with van der Waals surface area (Å²) in [4.78, 5) is 25.9. The monoisotopic (exact) mass is 415 g/mol. The third kappa shape index (κ3) is 3.86. The van der Waals surface area contributed by atoms with E-state index < -0.39 is 0 Å². The predicted molar refractivity (Wildman–Crippen MR) is 122 cm³/mol. The van der Waals surface area contributed by atoms with Crippen molar-refractivity contribution in [2.45, 2.75) is 41.2 Å². The van der Waals surface area contributed by atoms with Crippen molar-refractivity contribution in [3.63, 3.8) is 0 Å². The van der Waals surface area contributed by atoms with Crippen molar-refractivity contribution in [2.24, 2.45) is 0 Å². The Morgan fingerprint density at radius 1 is 0.968 bits per heavy atom. The van der Waals surface area contributed by atoms with Gasteiger partial charge in [0.05, 0.1) is 17.6 Å². The maximum absolute atomic E-state index is 13.3. The molecule has 0 radical (unpaired) electrons. The van der Waals surface area contributed by atoms with E-state index in [0.717, 1.165) is 28.1 Å². The molecule has 4 aromatic rings. The first-order valence-corrected chi connectivity index (χ1v) is 10.1. The number of amides is 1. The molecule has 0 saturated heterocycles. The molecule has 0 aliphatic carbocycles. The van der Waals surface area contributed by atoms with Gasteiger partial charge in [-0.15, -0.1) is 0 Å². The van der Waals surface area contributed by atoms with Gasteiger partial charge in [0.25, 0.3) is 5.56 Å². The van der Waals surface area contributed by atoms with Crippen LogP contribution in [0.1, 0.15) is 27.9 Å². The Morgan fingerprint density at radius 2 is 1.71 bits per heavy atom. The minimum atomic E-state index is -0.354. The summed E-state index contributed by atoms with van der Waals surface area (Å²) in [7, 11) is 0. The third-order valence-electron chi connectivity index (χ3n) is 5.56. The van der Waals surface area contributed by atoms with Crippen molar-refractivity contribution in [3.05, 3.63) is 80.9 Å². The van der Waals surface area contributed by atoms with E-state index in [0.29, 0.717) is 16.6 Å². The predicted octanol–water partition coefficient (Wildman–Crippen LogP) is 3.76. The lowest BCUT2D eigenvalue weighted by Gasteiger charge is -2.11. The molecule has 0 fully saturated rings. The van der Waals surface area contributed by atoms with Gasteiger partial charge in [-0.2, -0.15) is 10.2 Å². The minimum absolute atomic E-state index is 0.179. The van der Waals surface area contributed by atoms with Gasteiger partial charge in [-0.3, -0.25) is 9.59 Å². The molecule has 1 amide bonds. The first kappa shape index (κ1) is 20.5. The molecule has 0 saturated carbocycles. The highest BCUT2D eigenvalue weighted by Gasteiger charge is 2.17. The molecule has 158 valence electrons. The Balaban J connectivity index is 1.73. The van der Waals surface area contributed by atoms with Gasteiger partial charge >= 0.3 is 0 Å². The number of nitrogens with zero attached hydrogens (tertiary/aromatic N) is 4. The number of rotatable bonds is 4. The number of aryl methyl sites for hydroxylation is 5. The fraction of sp³-hybridized carbons (Fsp3) is 0.250. The second-order valence-corrected chi connectivity index (χ2v) is 8.00. The molecule has 2 heterocycles. The number of hydrogen-bond acceptors (Lipinski definition) is 4.